The fourth-order valence-electron chi connectivity index (χ4n) is 1.76. The number of hydrogen-bond acceptors (Lipinski definition) is 5. The summed E-state index contributed by atoms with van der Waals surface area (Å²) in [6.45, 7) is 0. The summed E-state index contributed by atoms with van der Waals surface area (Å²) in [7, 11) is 2.86. The number of rotatable bonds is 4. The highest BCUT2D eigenvalue weighted by atomic mass is 35.5. The summed E-state index contributed by atoms with van der Waals surface area (Å²) in [4.78, 5) is 34.7. The molecule has 24 heavy (non-hydrogen) atoms. The van der Waals surface area contributed by atoms with Crippen LogP contribution in [0.5, 0.6) is 11.5 Å². The van der Waals surface area contributed by atoms with Crippen molar-refractivity contribution in [3.05, 3.63) is 17.2 Å². The van der Waals surface area contributed by atoms with Gasteiger partial charge < -0.3 is 20.1 Å². The van der Waals surface area contributed by atoms with E-state index in [1.807, 2.05) is 5.43 Å². The molecule has 130 valence electrons. The second-order valence-electron chi connectivity index (χ2n) is 4.97. The minimum atomic E-state index is -0.961. The van der Waals surface area contributed by atoms with Gasteiger partial charge in [0.2, 0.25) is 0 Å². The molecule has 0 saturated heterocycles. The molecule has 10 heteroatoms. The first kappa shape index (κ1) is 17.7. The number of benzene rings is 1. The summed E-state index contributed by atoms with van der Waals surface area (Å²) in [5.41, 5.74) is 4.32. The topological polar surface area (TPSA) is 118 Å². The minimum absolute atomic E-state index is 0.0442. The number of anilines is 1. The van der Waals surface area contributed by atoms with Gasteiger partial charge in [-0.1, -0.05) is 11.6 Å². The number of hydrogen-bond donors (Lipinski definition) is 4. The van der Waals surface area contributed by atoms with Crippen molar-refractivity contribution in [2.45, 2.75) is 18.9 Å². The lowest BCUT2D eigenvalue weighted by Gasteiger charge is -2.14. The Hall–Kier alpha value is -2.68. The Kier molecular flexibility index (Phi) is 5.69. The van der Waals surface area contributed by atoms with E-state index in [1.54, 1.807) is 0 Å². The van der Waals surface area contributed by atoms with E-state index in [0.29, 0.717) is 11.5 Å². The number of methoxy groups -OCH3 is 2. The highest BCUT2D eigenvalue weighted by Gasteiger charge is 2.26. The molecule has 0 heterocycles. The number of halogens is 1. The summed E-state index contributed by atoms with van der Waals surface area (Å²) in [6, 6.07) is 2.20. The molecule has 4 N–H and O–H groups in total. The number of hydrazine groups is 1. The first-order chi connectivity index (χ1) is 11.4. The van der Waals surface area contributed by atoms with Gasteiger partial charge in [-0.05, 0) is 18.9 Å². The summed E-state index contributed by atoms with van der Waals surface area (Å²) in [6.07, 6.45) is 1.70. The Labute approximate surface area is 143 Å². The lowest BCUT2D eigenvalue weighted by molar-refractivity contribution is -0.139. The van der Waals surface area contributed by atoms with Crippen LogP contribution < -0.4 is 31.0 Å². The molecule has 1 fully saturated rings. The van der Waals surface area contributed by atoms with Crippen molar-refractivity contribution in [2.24, 2.45) is 0 Å². The fourth-order valence-corrected chi connectivity index (χ4v) is 2.00. The number of nitrogens with one attached hydrogen (secondary N) is 4. The van der Waals surface area contributed by atoms with Crippen LogP contribution in [0.25, 0.3) is 0 Å². The van der Waals surface area contributed by atoms with Crippen LogP contribution in [-0.4, -0.2) is 38.1 Å². The average Bonchev–Trinajstić information content (AvgIpc) is 3.36. The lowest BCUT2D eigenvalue weighted by Crippen LogP contribution is -2.50. The Bertz CT molecular complexity index is 663. The zero-order valence-corrected chi connectivity index (χ0v) is 13.8. The Morgan fingerprint density at radius 1 is 1.04 bits per heavy atom. The normalized spacial score (nSPS) is 12.8. The van der Waals surface area contributed by atoms with E-state index in [1.165, 1.54) is 26.4 Å². The van der Waals surface area contributed by atoms with Gasteiger partial charge in [-0.15, -0.1) is 0 Å². The van der Waals surface area contributed by atoms with Crippen LogP contribution in [0.4, 0.5) is 10.5 Å². The van der Waals surface area contributed by atoms with Crippen LogP contribution in [0, 0.1) is 0 Å². The maximum Gasteiger partial charge on any atom is 0.338 e. The van der Waals surface area contributed by atoms with Gasteiger partial charge in [0.05, 0.1) is 24.9 Å². The predicted molar refractivity (Wildman–Crippen MR) is 86.0 cm³/mol. The molecule has 0 aliphatic heterocycles. The van der Waals surface area contributed by atoms with Crippen LogP contribution in [0.2, 0.25) is 5.02 Å². The molecule has 0 radical (unpaired) electrons. The number of carbonyl (C=O) groups is 3. The van der Waals surface area contributed by atoms with Crippen molar-refractivity contribution in [3.8, 4) is 11.5 Å². The molecule has 1 aromatic carbocycles. The Morgan fingerprint density at radius 2 is 1.71 bits per heavy atom. The molecular formula is C14H17ClN4O5. The molecular weight excluding hydrogens is 340 g/mol. The van der Waals surface area contributed by atoms with Gasteiger partial charge in [0, 0.05) is 12.1 Å². The van der Waals surface area contributed by atoms with E-state index in [-0.39, 0.29) is 16.8 Å². The summed E-state index contributed by atoms with van der Waals surface area (Å²) in [5, 5.41) is 5.20. The van der Waals surface area contributed by atoms with Crippen molar-refractivity contribution in [3.63, 3.8) is 0 Å². The first-order valence-corrected chi connectivity index (χ1v) is 7.41. The molecule has 0 unspecified atom stereocenters. The fraction of sp³-hybridized carbons (Fsp3) is 0.357. The van der Waals surface area contributed by atoms with E-state index in [2.05, 4.69) is 16.1 Å². The van der Waals surface area contributed by atoms with Crippen molar-refractivity contribution in [1.82, 2.24) is 16.2 Å². The van der Waals surface area contributed by atoms with Gasteiger partial charge in [-0.3, -0.25) is 15.0 Å². The van der Waals surface area contributed by atoms with Gasteiger partial charge in [-0.25, -0.2) is 10.2 Å². The molecule has 4 amide bonds. The molecule has 9 nitrogen and oxygen atoms in total. The van der Waals surface area contributed by atoms with Gasteiger partial charge in [0.25, 0.3) is 0 Å². The van der Waals surface area contributed by atoms with Gasteiger partial charge >= 0.3 is 17.8 Å². The van der Waals surface area contributed by atoms with E-state index in [4.69, 9.17) is 21.1 Å². The smallest absolute Gasteiger partial charge is 0.338 e. The minimum Gasteiger partial charge on any atom is -0.495 e. The zero-order chi connectivity index (χ0) is 17.7. The molecule has 0 aromatic heterocycles. The second-order valence-corrected chi connectivity index (χ2v) is 5.38. The standard InChI is InChI=1S/C14H17ClN4O5/c1-23-10-6-11(24-2)9(5-8(10)15)17-14(22)19-18-13(21)12(20)16-7-3-4-7/h5-7H,3-4H2,1-2H3,(H,16,20)(H,18,21)(H2,17,19,22). The maximum atomic E-state index is 11.8. The van der Waals surface area contributed by atoms with Gasteiger partial charge in [-0.2, -0.15) is 0 Å². The van der Waals surface area contributed by atoms with Crippen molar-refractivity contribution in [1.29, 1.82) is 0 Å². The van der Waals surface area contributed by atoms with Crippen LogP contribution in [-0.2, 0) is 9.59 Å². The van der Waals surface area contributed by atoms with Crippen LogP contribution >= 0.6 is 11.6 Å². The van der Waals surface area contributed by atoms with E-state index >= 15 is 0 Å². The largest absolute Gasteiger partial charge is 0.495 e. The molecule has 0 atom stereocenters. The molecule has 1 aliphatic rings. The third-order valence-corrected chi connectivity index (χ3v) is 3.43. The number of urea groups is 1. The first-order valence-electron chi connectivity index (χ1n) is 7.04. The number of carbonyl (C=O) groups excluding carboxylic acids is 3. The summed E-state index contributed by atoms with van der Waals surface area (Å²) in [5.74, 6) is -1.08. The predicted octanol–water partition coefficient (Wildman–Crippen LogP) is 0.789. The zero-order valence-electron chi connectivity index (χ0n) is 13.1. The summed E-state index contributed by atoms with van der Waals surface area (Å²) >= 11 is 5.99. The molecule has 1 aromatic rings. The van der Waals surface area contributed by atoms with Crippen molar-refractivity contribution >= 4 is 35.1 Å². The third kappa shape index (κ3) is 4.66. The molecule has 1 saturated carbocycles. The van der Waals surface area contributed by atoms with Crippen molar-refractivity contribution in [2.75, 3.05) is 19.5 Å². The molecule has 0 spiro atoms. The number of ether oxygens (including phenoxy) is 2. The van der Waals surface area contributed by atoms with Crippen molar-refractivity contribution < 1.29 is 23.9 Å². The molecule has 2 rings (SSSR count). The molecule has 0 bridgehead atoms. The van der Waals surface area contributed by atoms with E-state index < -0.39 is 17.8 Å². The highest BCUT2D eigenvalue weighted by molar-refractivity contribution is 6.35. The second kappa shape index (κ2) is 7.73. The van der Waals surface area contributed by atoms with E-state index in [0.717, 1.165) is 12.8 Å². The lowest BCUT2D eigenvalue weighted by atomic mass is 10.2. The molecule has 1 aliphatic carbocycles. The van der Waals surface area contributed by atoms with Gasteiger partial charge in [0.15, 0.2) is 0 Å². The van der Waals surface area contributed by atoms with Gasteiger partial charge in [0.1, 0.15) is 11.5 Å². The van der Waals surface area contributed by atoms with Crippen LogP contribution in [0.1, 0.15) is 12.8 Å². The monoisotopic (exact) mass is 356 g/mol. The maximum absolute atomic E-state index is 11.8. The Morgan fingerprint density at radius 3 is 2.29 bits per heavy atom. The van der Waals surface area contributed by atoms with E-state index in [9.17, 15) is 14.4 Å². The van der Waals surface area contributed by atoms with Crippen LogP contribution in [0.15, 0.2) is 12.1 Å². The quantitative estimate of drug-likeness (QED) is 0.470. The van der Waals surface area contributed by atoms with Crippen LogP contribution in [0.3, 0.4) is 0 Å². The Balaban J connectivity index is 1.90. The SMILES string of the molecule is COc1cc(OC)c(NC(=O)NNC(=O)C(=O)NC2CC2)cc1Cl. The number of amides is 4. The third-order valence-electron chi connectivity index (χ3n) is 3.13. The average molecular weight is 357 g/mol. The highest BCUT2D eigenvalue weighted by Crippen LogP contribution is 2.35. The summed E-state index contributed by atoms with van der Waals surface area (Å²) < 4.78 is 10.2.